The van der Waals surface area contributed by atoms with Gasteiger partial charge in [0, 0.05) is 18.7 Å². The lowest BCUT2D eigenvalue weighted by atomic mass is 9.96. The van der Waals surface area contributed by atoms with Gasteiger partial charge in [0.2, 0.25) is 0 Å². The molecule has 2 rings (SSSR count). The Bertz CT molecular complexity index is 811. The molecule has 0 radical (unpaired) electrons. The zero-order chi connectivity index (χ0) is 23.0. The Morgan fingerprint density at radius 3 is 2.13 bits per heavy atom. The number of carbonyl (C=O) groups is 2. The van der Waals surface area contributed by atoms with Crippen molar-refractivity contribution in [3.8, 4) is 0 Å². The van der Waals surface area contributed by atoms with Crippen LogP contribution in [-0.4, -0.2) is 57.7 Å². The van der Waals surface area contributed by atoms with E-state index in [4.69, 9.17) is 0 Å². The fourth-order valence-electron chi connectivity index (χ4n) is 3.93. The third-order valence-electron chi connectivity index (χ3n) is 5.63. The van der Waals surface area contributed by atoms with E-state index in [1.54, 1.807) is 12.1 Å². The van der Waals surface area contributed by atoms with Crippen LogP contribution >= 0.6 is 0 Å². The molecule has 0 saturated carbocycles. The number of non-ortho nitro benzene ring substituents is 1. The highest BCUT2D eigenvalue weighted by atomic mass is 16.6. The molecule has 8 nitrogen and oxygen atoms in total. The van der Waals surface area contributed by atoms with Gasteiger partial charge < -0.3 is 14.9 Å². The summed E-state index contributed by atoms with van der Waals surface area (Å²) in [6, 6.07) is 5.05. The number of amides is 1. The molecule has 1 aliphatic rings. The van der Waals surface area contributed by atoms with E-state index >= 15 is 0 Å². The summed E-state index contributed by atoms with van der Waals surface area (Å²) in [7, 11) is 0. The highest BCUT2D eigenvalue weighted by Crippen LogP contribution is 2.38. The van der Waals surface area contributed by atoms with Crippen molar-refractivity contribution in [2.75, 3.05) is 26.2 Å². The number of benzene rings is 1. The Morgan fingerprint density at radius 2 is 1.65 bits per heavy atom. The van der Waals surface area contributed by atoms with E-state index in [0.717, 1.165) is 45.3 Å². The van der Waals surface area contributed by atoms with E-state index in [0.29, 0.717) is 18.5 Å². The number of aliphatic hydroxyl groups excluding tert-OH is 1. The van der Waals surface area contributed by atoms with Crippen molar-refractivity contribution in [1.29, 1.82) is 0 Å². The molecule has 0 saturated heterocycles. The van der Waals surface area contributed by atoms with Crippen LogP contribution in [0.5, 0.6) is 0 Å². The van der Waals surface area contributed by atoms with Crippen LogP contribution in [0.1, 0.15) is 64.5 Å². The van der Waals surface area contributed by atoms with Gasteiger partial charge in [-0.15, -0.1) is 0 Å². The maximum absolute atomic E-state index is 12.7. The van der Waals surface area contributed by atoms with Crippen molar-refractivity contribution in [3.05, 3.63) is 51.3 Å². The molecule has 1 amide bonds. The first kappa shape index (κ1) is 24.5. The maximum atomic E-state index is 12.7. The monoisotopic (exact) mass is 431 g/mol. The predicted molar refractivity (Wildman–Crippen MR) is 119 cm³/mol. The zero-order valence-electron chi connectivity index (χ0n) is 18.7. The van der Waals surface area contributed by atoms with Gasteiger partial charge in [-0.2, -0.15) is 0 Å². The van der Waals surface area contributed by atoms with Gasteiger partial charge >= 0.3 is 0 Å². The Kier molecular flexibility index (Phi) is 9.18. The zero-order valence-corrected chi connectivity index (χ0v) is 18.7. The molecule has 1 aromatic rings. The highest BCUT2D eigenvalue weighted by Gasteiger charge is 2.42. The van der Waals surface area contributed by atoms with Gasteiger partial charge in [-0.3, -0.25) is 19.7 Å². The third-order valence-corrected chi connectivity index (χ3v) is 5.63. The number of nitro benzene ring substituents is 1. The summed E-state index contributed by atoms with van der Waals surface area (Å²) >= 11 is 0. The minimum absolute atomic E-state index is 0.0488. The lowest BCUT2D eigenvalue weighted by Gasteiger charge is -2.28. The van der Waals surface area contributed by atoms with Crippen LogP contribution in [0.25, 0.3) is 0 Å². The van der Waals surface area contributed by atoms with Crippen molar-refractivity contribution < 1.29 is 19.6 Å². The number of carbonyl (C=O) groups excluding carboxylic acids is 2. The quantitative estimate of drug-likeness (QED) is 0.371. The standard InChI is InChI=1S/C23H33N3O5/c1-4-6-13-24(14-7-5-2)15-8-16-25-21(20(17(3)27)22(28)23(25)29)18-9-11-19(12-10-18)26(30)31/h9-12,21,28H,4-8,13-16H2,1-3H3/t21-/m1/s1. The lowest BCUT2D eigenvalue weighted by molar-refractivity contribution is -0.384. The van der Waals surface area contributed by atoms with Crippen molar-refractivity contribution >= 4 is 17.4 Å². The number of hydrogen-bond donors (Lipinski definition) is 1. The van der Waals surface area contributed by atoms with Gasteiger partial charge in [0.1, 0.15) is 0 Å². The molecule has 31 heavy (non-hydrogen) atoms. The normalized spacial score (nSPS) is 16.5. The second-order valence-corrected chi connectivity index (χ2v) is 7.97. The number of Topliss-reactive ketones (excluding diaryl/α,β-unsaturated/α-hetero) is 1. The number of ketones is 1. The number of hydrogen-bond acceptors (Lipinski definition) is 6. The molecule has 0 aromatic heterocycles. The molecule has 0 aliphatic carbocycles. The van der Waals surface area contributed by atoms with Crippen LogP contribution < -0.4 is 0 Å². The minimum Gasteiger partial charge on any atom is -0.503 e. The molecular formula is C23H33N3O5. The van der Waals surface area contributed by atoms with Crippen molar-refractivity contribution in [2.45, 2.75) is 58.9 Å². The van der Waals surface area contributed by atoms with Crippen LogP contribution in [0.15, 0.2) is 35.6 Å². The first-order valence-corrected chi connectivity index (χ1v) is 11.0. The van der Waals surface area contributed by atoms with Gasteiger partial charge in [-0.1, -0.05) is 26.7 Å². The van der Waals surface area contributed by atoms with E-state index in [-0.39, 0.29) is 17.0 Å². The van der Waals surface area contributed by atoms with Crippen LogP contribution in [0.3, 0.4) is 0 Å². The molecule has 0 fully saturated rings. The highest BCUT2D eigenvalue weighted by molar-refractivity contribution is 6.08. The number of unbranched alkanes of at least 4 members (excludes halogenated alkanes) is 2. The Balaban J connectivity index is 2.18. The van der Waals surface area contributed by atoms with Crippen LogP contribution in [0.4, 0.5) is 5.69 Å². The van der Waals surface area contributed by atoms with Crippen molar-refractivity contribution in [2.24, 2.45) is 0 Å². The molecule has 1 N–H and O–H groups in total. The summed E-state index contributed by atoms with van der Waals surface area (Å²) in [6.07, 6.45) is 5.19. The topological polar surface area (TPSA) is 104 Å². The van der Waals surface area contributed by atoms with E-state index in [1.807, 2.05) is 0 Å². The number of nitro groups is 1. The number of aliphatic hydroxyl groups is 1. The van der Waals surface area contributed by atoms with E-state index in [9.17, 15) is 24.8 Å². The van der Waals surface area contributed by atoms with Crippen LogP contribution in [0, 0.1) is 10.1 Å². The van der Waals surface area contributed by atoms with Gasteiger partial charge in [0.15, 0.2) is 11.5 Å². The van der Waals surface area contributed by atoms with Gasteiger partial charge in [-0.05, 0) is 63.5 Å². The van der Waals surface area contributed by atoms with E-state index in [1.165, 1.54) is 24.0 Å². The Hall–Kier alpha value is -2.74. The average molecular weight is 432 g/mol. The summed E-state index contributed by atoms with van der Waals surface area (Å²) in [5.41, 5.74) is 0.550. The average Bonchev–Trinajstić information content (AvgIpc) is 3.00. The first-order valence-electron chi connectivity index (χ1n) is 11.0. The smallest absolute Gasteiger partial charge is 0.290 e. The minimum atomic E-state index is -0.731. The summed E-state index contributed by atoms with van der Waals surface area (Å²) in [5, 5.41) is 21.3. The van der Waals surface area contributed by atoms with Gasteiger partial charge in [0.05, 0.1) is 16.5 Å². The lowest BCUT2D eigenvalue weighted by Crippen LogP contribution is -2.35. The molecule has 1 aliphatic heterocycles. The summed E-state index contributed by atoms with van der Waals surface area (Å²) in [6.45, 7) is 8.87. The van der Waals surface area contributed by atoms with E-state index < -0.39 is 22.6 Å². The summed E-state index contributed by atoms with van der Waals surface area (Å²) in [4.78, 5) is 39.3. The Labute approximate surface area is 183 Å². The van der Waals surface area contributed by atoms with Crippen molar-refractivity contribution in [3.63, 3.8) is 0 Å². The SMILES string of the molecule is CCCCN(CCCC)CCCN1C(=O)C(O)=C(C(C)=O)[C@H]1c1ccc([N+](=O)[O-])cc1. The number of rotatable bonds is 13. The second kappa shape index (κ2) is 11.6. The van der Waals surface area contributed by atoms with E-state index in [2.05, 4.69) is 18.7 Å². The summed E-state index contributed by atoms with van der Waals surface area (Å²) in [5.74, 6) is -1.48. The molecule has 170 valence electrons. The largest absolute Gasteiger partial charge is 0.503 e. The fraction of sp³-hybridized carbons (Fsp3) is 0.565. The third kappa shape index (κ3) is 6.13. The van der Waals surface area contributed by atoms with Crippen molar-refractivity contribution in [1.82, 2.24) is 9.80 Å². The first-order chi connectivity index (χ1) is 14.8. The van der Waals surface area contributed by atoms with Crippen LogP contribution in [-0.2, 0) is 9.59 Å². The van der Waals surface area contributed by atoms with Crippen LogP contribution in [0.2, 0.25) is 0 Å². The molecule has 0 bridgehead atoms. The molecular weight excluding hydrogens is 398 g/mol. The molecule has 8 heteroatoms. The molecule has 0 unspecified atom stereocenters. The predicted octanol–water partition coefficient (Wildman–Crippen LogP) is 4.17. The summed E-state index contributed by atoms with van der Waals surface area (Å²) < 4.78 is 0. The fourth-order valence-corrected chi connectivity index (χ4v) is 3.93. The van der Waals surface area contributed by atoms with Gasteiger partial charge in [0.25, 0.3) is 11.6 Å². The second-order valence-electron chi connectivity index (χ2n) is 7.97. The maximum Gasteiger partial charge on any atom is 0.290 e. The molecule has 1 heterocycles. The molecule has 1 atom stereocenters. The Morgan fingerprint density at radius 1 is 1.10 bits per heavy atom. The van der Waals surface area contributed by atoms with Gasteiger partial charge in [-0.25, -0.2) is 0 Å². The number of nitrogens with zero attached hydrogens (tertiary/aromatic N) is 3. The molecule has 1 aromatic carbocycles. The molecule has 0 spiro atoms.